The third kappa shape index (κ3) is 6.48. The minimum absolute atomic E-state index is 0.0177. The first-order valence-corrected chi connectivity index (χ1v) is 11.8. The number of carbonyl (C=O) groups is 3. The zero-order valence-electron chi connectivity index (χ0n) is 18.4. The molecule has 9 nitrogen and oxygen atoms in total. The van der Waals surface area contributed by atoms with E-state index in [0.717, 1.165) is 19.0 Å². The monoisotopic (exact) mass is 481 g/mol. The van der Waals surface area contributed by atoms with Crippen molar-refractivity contribution in [1.82, 2.24) is 15.0 Å². The number of nitrogens with one attached hydrogen (secondary N) is 2. The number of amides is 2. The quantitative estimate of drug-likeness (QED) is 0.354. The zero-order chi connectivity index (χ0) is 24.6. The van der Waals surface area contributed by atoms with Crippen LogP contribution >= 0.6 is 0 Å². The van der Waals surface area contributed by atoms with Gasteiger partial charge in [-0.3, -0.25) is 9.59 Å². The molecule has 2 aromatic carbocycles. The molecule has 0 saturated heterocycles. The topological polar surface area (TPSA) is 132 Å². The largest absolute Gasteiger partial charge is 0.464 e. The fourth-order valence-electron chi connectivity index (χ4n) is 3.02. The highest BCUT2D eigenvalue weighted by Gasteiger charge is 2.20. The molecule has 1 aromatic heterocycles. The van der Waals surface area contributed by atoms with Gasteiger partial charge in [-0.15, -0.1) is 0 Å². The van der Waals surface area contributed by atoms with E-state index in [9.17, 15) is 22.8 Å². The third-order valence-corrected chi connectivity index (χ3v) is 6.19. The average molecular weight is 482 g/mol. The number of esters is 1. The summed E-state index contributed by atoms with van der Waals surface area (Å²) < 4.78 is 31.5. The van der Waals surface area contributed by atoms with Crippen molar-refractivity contribution >= 4 is 27.8 Å². The van der Waals surface area contributed by atoms with Crippen LogP contribution in [0.3, 0.4) is 0 Å². The highest BCUT2D eigenvalue weighted by molar-refractivity contribution is 7.90. The second kappa shape index (κ2) is 11.2. The number of hydrogen-bond acceptors (Lipinski definition) is 7. The first-order chi connectivity index (χ1) is 16.3. The van der Waals surface area contributed by atoms with E-state index in [1.807, 2.05) is 35.1 Å². The standard InChI is InChI=1S/C24H23N3O6S/c1-33-24(30)21-14-11-19(16-26-21)23(29)27-34(31,32)20-12-9-18(10-13-20)22(28)25-15-5-8-17-6-3-2-4-7-17/h2-4,6-7,9-14,16H,5,8,15H2,1H3,(H,25,28)(H,27,29). The fraction of sp³-hybridized carbons (Fsp3) is 0.167. The number of aromatic nitrogens is 1. The van der Waals surface area contributed by atoms with E-state index in [1.165, 1.54) is 49.1 Å². The van der Waals surface area contributed by atoms with Gasteiger partial charge in [-0.2, -0.15) is 0 Å². The second-order valence-corrected chi connectivity index (χ2v) is 8.91. The lowest BCUT2D eigenvalue weighted by atomic mass is 10.1. The Labute approximate surface area is 197 Å². The normalized spacial score (nSPS) is 10.9. The molecule has 3 rings (SSSR count). The molecule has 176 valence electrons. The molecule has 0 aliphatic heterocycles. The van der Waals surface area contributed by atoms with Crippen molar-refractivity contribution in [2.75, 3.05) is 13.7 Å². The summed E-state index contributed by atoms with van der Waals surface area (Å²) in [6.45, 7) is 0.479. The molecule has 0 radical (unpaired) electrons. The van der Waals surface area contributed by atoms with Gasteiger partial charge in [0.1, 0.15) is 5.69 Å². The molecule has 0 saturated carbocycles. The molecule has 34 heavy (non-hydrogen) atoms. The maximum atomic E-state index is 12.5. The number of sulfonamides is 1. The molecule has 0 spiro atoms. The summed E-state index contributed by atoms with van der Waals surface area (Å²) in [7, 11) is -2.99. The number of pyridine rings is 1. The summed E-state index contributed by atoms with van der Waals surface area (Å²) in [5.41, 5.74) is 1.41. The van der Waals surface area contributed by atoms with Crippen molar-refractivity contribution in [3.63, 3.8) is 0 Å². The number of rotatable bonds is 9. The van der Waals surface area contributed by atoms with Crippen molar-refractivity contribution < 1.29 is 27.5 Å². The number of nitrogens with zero attached hydrogens (tertiary/aromatic N) is 1. The predicted molar refractivity (Wildman–Crippen MR) is 124 cm³/mol. The summed E-state index contributed by atoms with van der Waals surface area (Å²) in [5, 5.41) is 2.80. The molecule has 10 heteroatoms. The first kappa shape index (κ1) is 24.6. The van der Waals surface area contributed by atoms with Gasteiger partial charge in [-0.25, -0.2) is 22.9 Å². The molecule has 0 fully saturated rings. The maximum absolute atomic E-state index is 12.5. The van der Waals surface area contributed by atoms with Crippen molar-refractivity contribution in [3.05, 3.63) is 95.3 Å². The number of benzene rings is 2. The van der Waals surface area contributed by atoms with Crippen molar-refractivity contribution in [2.45, 2.75) is 17.7 Å². The van der Waals surface area contributed by atoms with Gasteiger partial charge < -0.3 is 10.1 Å². The molecule has 0 bridgehead atoms. The molecule has 1 heterocycles. The van der Waals surface area contributed by atoms with Crippen LogP contribution in [-0.4, -0.2) is 44.8 Å². The maximum Gasteiger partial charge on any atom is 0.356 e. The molecule has 0 unspecified atom stereocenters. The molecule has 0 aliphatic carbocycles. The highest BCUT2D eigenvalue weighted by atomic mass is 32.2. The highest BCUT2D eigenvalue weighted by Crippen LogP contribution is 2.12. The number of ether oxygens (including phenoxy) is 1. The lowest BCUT2D eigenvalue weighted by Crippen LogP contribution is -2.31. The van der Waals surface area contributed by atoms with Crippen LogP contribution in [0.15, 0.2) is 77.8 Å². The van der Waals surface area contributed by atoms with Crippen LogP contribution < -0.4 is 10.0 Å². The number of carbonyl (C=O) groups excluding carboxylic acids is 3. The molecule has 3 aromatic rings. The SMILES string of the molecule is COC(=O)c1ccc(C(=O)NS(=O)(=O)c2ccc(C(=O)NCCCc3ccccc3)cc2)cn1. The minimum Gasteiger partial charge on any atom is -0.464 e. The molecular formula is C24H23N3O6S. The van der Waals surface area contributed by atoms with Gasteiger partial charge in [0.05, 0.1) is 17.6 Å². The summed E-state index contributed by atoms with van der Waals surface area (Å²) in [4.78, 5) is 39.6. The summed E-state index contributed by atoms with van der Waals surface area (Å²) in [6.07, 6.45) is 2.67. The van der Waals surface area contributed by atoms with Crippen molar-refractivity contribution in [3.8, 4) is 0 Å². The van der Waals surface area contributed by atoms with Crippen molar-refractivity contribution in [1.29, 1.82) is 0 Å². The van der Waals surface area contributed by atoms with Crippen LogP contribution in [0.5, 0.6) is 0 Å². The number of methoxy groups -OCH3 is 1. The smallest absolute Gasteiger partial charge is 0.356 e. The Hall–Kier alpha value is -4.05. The minimum atomic E-state index is -4.18. The van der Waals surface area contributed by atoms with Gasteiger partial charge in [-0.1, -0.05) is 30.3 Å². The van der Waals surface area contributed by atoms with E-state index < -0.39 is 21.9 Å². The third-order valence-electron chi connectivity index (χ3n) is 4.84. The van der Waals surface area contributed by atoms with Crippen LogP contribution in [0.1, 0.15) is 43.2 Å². The van der Waals surface area contributed by atoms with Crippen LogP contribution in [0.4, 0.5) is 0 Å². The number of hydrogen-bond donors (Lipinski definition) is 2. The Kier molecular flexibility index (Phi) is 8.10. The Balaban J connectivity index is 1.55. The van der Waals surface area contributed by atoms with E-state index in [2.05, 4.69) is 15.0 Å². The van der Waals surface area contributed by atoms with E-state index in [4.69, 9.17) is 0 Å². The second-order valence-electron chi connectivity index (χ2n) is 7.23. The van der Waals surface area contributed by atoms with Crippen LogP contribution in [0.25, 0.3) is 0 Å². The lowest BCUT2D eigenvalue weighted by Gasteiger charge is -2.09. The Bertz CT molecular complexity index is 1260. The van der Waals surface area contributed by atoms with Crippen LogP contribution in [0.2, 0.25) is 0 Å². The first-order valence-electron chi connectivity index (χ1n) is 10.3. The average Bonchev–Trinajstić information content (AvgIpc) is 2.86. The van der Waals surface area contributed by atoms with Crippen LogP contribution in [-0.2, 0) is 21.2 Å². The van der Waals surface area contributed by atoms with Gasteiger partial charge in [0.2, 0.25) is 0 Å². The number of aryl methyl sites for hydroxylation is 1. The Morgan fingerprint density at radius 2 is 1.56 bits per heavy atom. The predicted octanol–water partition coefficient (Wildman–Crippen LogP) is 2.35. The summed E-state index contributed by atoms with van der Waals surface area (Å²) in [5.74, 6) is -1.91. The Morgan fingerprint density at radius 3 is 2.18 bits per heavy atom. The summed E-state index contributed by atoms with van der Waals surface area (Å²) in [6, 6.07) is 17.7. The fourth-order valence-corrected chi connectivity index (χ4v) is 3.99. The van der Waals surface area contributed by atoms with Gasteiger partial charge in [-0.05, 0) is 54.8 Å². The van der Waals surface area contributed by atoms with E-state index >= 15 is 0 Å². The van der Waals surface area contributed by atoms with Gasteiger partial charge in [0, 0.05) is 18.3 Å². The zero-order valence-corrected chi connectivity index (χ0v) is 19.2. The van der Waals surface area contributed by atoms with Gasteiger partial charge in [0.25, 0.3) is 21.8 Å². The molecular weight excluding hydrogens is 458 g/mol. The summed E-state index contributed by atoms with van der Waals surface area (Å²) >= 11 is 0. The van der Waals surface area contributed by atoms with E-state index in [-0.39, 0.29) is 22.1 Å². The molecule has 2 amide bonds. The Morgan fingerprint density at radius 1 is 0.882 bits per heavy atom. The lowest BCUT2D eigenvalue weighted by molar-refractivity contribution is 0.0593. The van der Waals surface area contributed by atoms with Crippen LogP contribution in [0, 0.1) is 0 Å². The van der Waals surface area contributed by atoms with Gasteiger partial charge >= 0.3 is 5.97 Å². The van der Waals surface area contributed by atoms with E-state index in [0.29, 0.717) is 12.1 Å². The molecule has 0 atom stereocenters. The molecule has 2 N–H and O–H groups in total. The van der Waals surface area contributed by atoms with Crippen molar-refractivity contribution in [2.24, 2.45) is 0 Å². The van der Waals surface area contributed by atoms with Gasteiger partial charge in [0.15, 0.2) is 0 Å². The van der Waals surface area contributed by atoms with E-state index in [1.54, 1.807) is 0 Å². The molecule has 0 aliphatic rings.